The Labute approximate surface area is 429 Å². The number of nitrogens with zero attached hydrogens (tertiary/aromatic N) is 1. The number of aliphatic hydroxyl groups is 1. The summed E-state index contributed by atoms with van der Waals surface area (Å²) in [5.74, 6) is -0.189. The highest BCUT2D eigenvalue weighted by atomic mass is 31.2. The maximum atomic E-state index is 13.0. The quantitative estimate of drug-likeness (QED) is 0.0243. The second kappa shape index (κ2) is 51.4. The number of nitrogens with one attached hydrogen (secondary N) is 1. The van der Waals surface area contributed by atoms with Gasteiger partial charge in [-0.25, -0.2) is 4.57 Å². The van der Waals surface area contributed by atoms with Gasteiger partial charge in [-0.05, 0) is 70.6 Å². The first-order valence-electron chi connectivity index (χ1n) is 29.5. The molecule has 0 aromatic heterocycles. The molecular weight excluding hydrogens is 876 g/mol. The fraction of sp³-hybridized carbons (Fsp3) is 0.850. The number of rotatable bonds is 54. The topological polar surface area (TPSA) is 105 Å². The Morgan fingerprint density at radius 2 is 0.797 bits per heavy atom. The third-order valence-electron chi connectivity index (χ3n) is 13.2. The van der Waals surface area contributed by atoms with E-state index in [1.807, 2.05) is 27.2 Å². The van der Waals surface area contributed by atoms with E-state index in [4.69, 9.17) is 9.05 Å². The monoisotopic (exact) mass is 992 g/mol. The molecule has 0 aliphatic heterocycles. The van der Waals surface area contributed by atoms with Crippen LogP contribution in [-0.2, 0) is 18.4 Å². The maximum Gasteiger partial charge on any atom is 0.472 e. The van der Waals surface area contributed by atoms with Gasteiger partial charge >= 0.3 is 7.82 Å². The molecule has 0 bridgehead atoms. The second-order valence-corrected chi connectivity index (χ2v) is 22.8. The molecule has 3 unspecified atom stereocenters. The van der Waals surface area contributed by atoms with Crippen molar-refractivity contribution in [3.05, 3.63) is 48.6 Å². The van der Waals surface area contributed by atoms with E-state index in [2.05, 4.69) is 55.6 Å². The number of amides is 1. The normalized spacial score (nSPS) is 14.2. The summed E-state index contributed by atoms with van der Waals surface area (Å²) in [7, 11) is 1.55. The van der Waals surface area contributed by atoms with E-state index in [0.29, 0.717) is 17.4 Å². The lowest BCUT2D eigenvalue weighted by Gasteiger charge is -2.25. The highest BCUT2D eigenvalue weighted by molar-refractivity contribution is 7.47. The van der Waals surface area contributed by atoms with Gasteiger partial charge in [0.15, 0.2) is 0 Å². The van der Waals surface area contributed by atoms with Gasteiger partial charge in [-0.2, -0.15) is 0 Å². The Bertz CT molecular complexity index is 1260. The molecule has 0 saturated heterocycles. The lowest BCUT2D eigenvalue weighted by Crippen LogP contribution is -2.45. The molecule has 3 N–H and O–H groups in total. The van der Waals surface area contributed by atoms with Crippen molar-refractivity contribution in [1.82, 2.24) is 5.32 Å². The number of carbonyl (C=O) groups excluding carboxylic acids is 1. The van der Waals surface area contributed by atoms with Crippen molar-refractivity contribution in [2.24, 2.45) is 0 Å². The third-order valence-corrected chi connectivity index (χ3v) is 14.2. The highest BCUT2D eigenvalue weighted by Gasteiger charge is 2.27. The number of phosphoric acid groups is 1. The molecule has 0 spiro atoms. The van der Waals surface area contributed by atoms with E-state index in [1.165, 1.54) is 212 Å². The Hall–Kier alpha value is -1.54. The average Bonchev–Trinajstić information content (AvgIpc) is 3.31. The van der Waals surface area contributed by atoms with Crippen molar-refractivity contribution in [1.29, 1.82) is 0 Å². The molecule has 406 valence electrons. The van der Waals surface area contributed by atoms with Gasteiger partial charge in [0.2, 0.25) is 5.91 Å². The van der Waals surface area contributed by atoms with Crippen LogP contribution in [0.2, 0.25) is 0 Å². The summed E-state index contributed by atoms with van der Waals surface area (Å²) in [5.41, 5.74) is 0. The minimum atomic E-state index is -4.36. The molecular formula is C60H116N2O6P+. The maximum absolute atomic E-state index is 13.0. The summed E-state index contributed by atoms with van der Waals surface area (Å²) in [6.07, 6.45) is 68.1. The van der Waals surface area contributed by atoms with Gasteiger partial charge in [-0.15, -0.1) is 0 Å². The molecule has 3 atom stereocenters. The second-order valence-electron chi connectivity index (χ2n) is 21.3. The van der Waals surface area contributed by atoms with Crippen LogP contribution < -0.4 is 5.32 Å². The number of carbonyl (C=O) groups is 1. The molecule has 9 heteroatoms. The molecule has 0 radical (unpaired) electrons. The van der Waals surface area contributed by atoms with Gasteiger partial charge in [0.05, 0.1) is 39.9 Å². The van der Waals surface area contributed by atoms with Crippen molar-refractivity contribution in [3.8, 4) is 0 Å². The zero-order valence-corrected chi connectivity index (χ0v) is 47.2. The van der Waals surface area contributed by atoms with Crippen LogP contribution in [-0.4, -0.2) is 73.4 Å². The van der Waals surface area contributed by atoms with Crippen LogP contribution in [0, 0.1) is 0 Å². The van der Waals surface area contributed by atoms with E-state index >= 15 is 0 Å². The number of hydrogen-bond acceptors (Lipinski definition) is 5. The largest absolute Gasteiger partial charge is 0.472 e. The number of hydrogen-bond donors (Lipinski definition) is 3. The van der Waals surface area contributed by atoms with E-state index in [1.54, 1.807) is 6.08 Å². The third kappa shape index (κ3) is 54.1. The fourth-order valence-electron chi connectivity index (χ4n) is 8.60. The molecule has 1 amide bonds. The molecule has 0 aromatic rings. The van der Waals surface area contributed by atoms with Gasteiger partial charge in [0.25, 0.3) is 0 Å². The predicted octanol–water partition coefficient (Wildman–Crippen LogP) is 17.9. The van der Waals surface area contributed by atoms with Crippen molar-refractivity contribution in [2.45, 2.75) is 289 Å². The summed E-state index contributed by atoms with van der Waals surface area (Å²) in [4.78, 5) is 23.3. The van der Waals surface area contributed by atoms with Crippen molar-refractivity contribution >= 4 is 13.7 Å². The van der Waals surface area contributed by atoms with Crippen LogP contribution in [0.25, 0.3) is 0 Å². The van der Waals surface area contributed by atoms with Crippen LogP contribution in [0.5, 0.6) is 0 Å². The standard InChI is InChI=1S/C60H115N2O6P/c1-6-8-10-12-14-16-18-20-22-23-24-25-26-27-28-29-30-31-32-33-34-35-36-37-38-40-42-44-46-48-50-52-54-60(64)61-58(57-68-69(65,66)67-56-55-62(3,4)5)59(63)53-51-49-47-45-43-41-39-21-19-17-15-13-11-9-7-2/h19,21,27-28,43,45,51,53,58-59,63H,6-18,20,22-26,29-42,44,46-50,52,54-57H2,1-5H3,(H-,61,64,65,66)/p+1/b21-19+,28-27-,45-43+,53-51+. The SMILES string of the molecule is CCCCCCC/C=C/CC/C=C/CC/C=C/C(O)C(COP(=O)(O)OCC[N+](C)(C)C)NC(=O)CCCCCCCCCCCCCCCCCC/C=C\CCCCCCCCCCCCCC. The highest BCUT2D eigenvalue weighted by Crippen LogP contribution is 2.43. The number of aliphatic hydroxyl groups excluding tert-OH is 1. The Balaban J connectivity index is 4.07. The first-order valence-corrected chi connectivity index (χ1v) is 31.0. The molecule has 0 aliphatic rings. The van der Waals surface area contributed by atoms with E-state index in [-0.39, 0.29) is 19.1 Å². The number of allylic oxidation sites excluding steroid dienone is 7. The zero-order chi connectivity index (χ0) is 50.6. The van der Waals surface area contributed by atoms with Crippen molar-refractivity contribution in [2.75, 3.05) is 40.9 Å². The van der Waals surface area contributed by atoms with Gasteiger partial charge < -0.3 is 19.8 Å². The molecule has 0 aliphatic carbocycles. The van der Waals surface area contributed by atoms with E-state index in [9.17, 15) is 19.4 Å². The Morgan fingerprint density at radius 1 is 0.478 bits per heavy atom. The molecule has 0 heterocycles. The molecule has 0 saturated carbocycles. The summed E-state index contributed by atoms with van der Waals surface area (Å²) in [5, 5.41) is 13.9. The molecule has 0 fully saturated rings. The molecule has 0 aromatic carbocycles. The predicted molar refractivity (Wildman–Crippen MR) is 300 cm³/mol. The number of unbranched alkanes of at least 4 members (excludes halogenated alkanes) is 35. The zero-order valence-electron chi connectivity index (χ0n) is 46.3. The van der Waals surface area contributed by atoms with Crippen molar-refractivity contribution < 1.29 is 32.9 Å². The number of phosphoric ester groups is 1. The first kappa shape index (κ1) is 67.5. The minimum Gasteiger partial charge on any atom is -0.387 e. The van der Waals surface area contributed by atoms with Crippen LogP contribution in [0.15, 0.2) is 48.6 Å². The van der Waals surface area contributed by atoms with Crippen LogP contribution in [0.3, 0.4) is 0 Å². The molecule has 0 rings (SSSR count). The Morgan fingerprint density at radius 3 is 1.16 bits per heavy atom. The van der Waals surface area contributed by atoms with Gasteiger partial charge in [0.1, 0.15) is 13.2 Å². The Kier molecular flexibility index (Phi) is 50.2. The lowest BCUT2D eigenvalue weighted by atomic mass is 10.0. The summed E-state index contributed by atoms with van der Waals surface area (Å²) in [6, 6.07) is -0.869. The van der Waals surface area contributed by atoms with Gasteiger partial charge in [-0.3, -0.25) is 13.8 Å². The first-order chi connectivity index (χ1) is 33.5. The van der Waals surface area contributed by atoms with Gasteiger partial charge in [0, 0.05) is 6.42 Å². The van der Waals surface area contributed by atoms with Crippen LogP contribution in [0.4, 0.5) is 0 Å². The smallest absolute Gasteiger partial charge is 0.387 e. The number of quaternary nitrogens is 1. The average molecular weight is 993 g/mol. The van der Waals surface area contributed by atoms with E-state index < -0.39 is 20.0 Å². The summed E-state index contributed by atoms with van der Waals surface area (Å²) < 4.78 is 23.7. The summed E-state index contributed by atoms with van der Waals surface area (Å²) in [6.45, 7) is 4.79. The number of likely N-dealkylation sites (N-methyl/N-ethyl adjacent to an activating group) is 1. The minimum absolute atomic E-state index is 0.0536. The van der Waals surface area contributed by atoms with Crippen LogP contribution >= 0.6 is 7.82 Å². The fourth-order valence-corrected chi connectivity index (χ4v) is 9.34. The summed E-state index contributed by atoms with van der Waals surface area (Å²) >= 11 is 0. The van der Waals surface area contributed by atoms with E-state index in [0.717, 1.165) is 44.9 Å². The molecule has 8 nitrogen and oxygen atoms in total. The molecule has 69 heavy (non-hydrogen) atoms. The lowest BCUT2D eigenvalue weighted by molar-refractivity contribution is -0.870. The van der Waals surface area contributed by atoms with Gasteiger partial charge in [-0.1, -0.05) is 249 Å². The van der Waals surface area contributed by atoms with Crippen LogP contribution in [0.1, 0.15) is 277 Å². The van der Waals surface area contributed by atoms with Crippen molar-refractivity contribution in [3.63, 3.8) is 0 Å².